The van der Waals surface area contributed by atoms with Crippen molar-refractivity contribution in [2.75, 3.05) is 31.2 Å². The Morgan fingerprint density at radius 1 is 1.33 bits per heavy atom. The van der Waals surface area contributed by atoms with E-state index in [2.05, 4.69) is 0 Å². The molecule has 1 saturated heterocycles. The Morgan fingerprint density at radius 2 is 2.05 bits per heavy atom. The average molecular weight is 330 g/mol. The first kappa shape index (κ1) is 16.6. The summed E-state index contributed by atoms with van der Waals surface area (Å²) < 4.78 is 32.4. The van der Waals surface area contributed by atoms with E-state index < -0.39 is 10.0 Å². The number of hydrogen-bond donors (Lipinski definition) is 1. The van der Waals surface area contributed by atoms with Crippen LogP contribution in [0, 0.1) is 0 Å². The third-order valence-electron chi connectivity index (χ3n) is 3.32. The highest BCUT2D eigenvalue weighted by molar-refractivity contribution is 7.99. The van der Waals surface area contributed by atoms with Gasteiger partial charge in [0.05, 0.1) is 11.5 Å². The number of sulfonamides is 1. The molecule has 1 aliphatic rings. The fourth-order valence-electron chi connectivity index (χ4n) is 2.16. The Morgan fingerprint density at radius 3 is 2.67 bits per heavy atom. The lowest BCUT2D eigenvalue weighted by molar-refractivity contribution is 0.314. The van der Waals surface area contributed by atoms with Crippen molar-refractivity contribution < 1.29 is 13.2 Å². The molecule has 0 atom stereocenters. The molecule has 0 unspecified atom stereocenters. The lowest BCUT2D eigenvalue weighted by Gasteiger charge is -2.26. The van der Waals surface area contributed by atoms with Gasteiger partial charge in [0.2, 0.25) is 10.0 Å². The highest BCUT2D eigenvalue weighted by atomic mass is 32.2. The maximum atomic E-state index is 12.6. The molecule has 0 aromatic heterocycles. The summed E-state index contributed by atoms with van der Waals surface area (Å²) in [6, 6.07) is 4.97. The predicted molar refractivity (Wildman–Crippen MR) is 86.2 cm³/mol. The van der Waals surface area contributed by atoms with E-state index in [1.54, 1.807) is 34.3 Å². The first-order valence-electron chi connectivity index (χ1n) is 7.13. The van der Waals surface area contributed by atoms with E-state index in [0.717, 1.165) is 23.5 Å². The molecule has 1 fully saturated rings. The van der Waals surface area contributed by atoms with Gasteiger partial charge in [-0.2, -0.15) is 16.1 Å². The van der Waals surface area contributed by atoms with Crippen LogP contribution in [0.2, 0.25) is 0 Å². The molecule has 0 amide bonds. The third kappa shape index (κ3) is 3.91. The molecule has 0 aliphatic carbocycles. The molecule has 1 aromatic rings. The molecule has 1 aromatic carbocycles. The van der Waals surface area contributed by atoms with Crippen LogP contribution in [-0.2, 0) is 16.6 Å². The Bertz CT molecular complexity index is 570. The second-order valence-electron chi connectivity index (χ2n) is 4.84. The molecule has 1 heterocycles. The van der Waals surface area contributed by atoms with Crippen LogP contribution >= 0.6 is 11.8 Å². The van der Waals surface area contributed by atoms with Crippen LogP contribution in [0.25, 0.3) is 0 Å². The SMILES string of the molecule is CCCOc1ccc(S(=O)(=O)N2CCSCC2)cc1CN. The zero-order valence-corrected chi connectivity index (χ0v) is 13.9. The Hall–Kier alpha value is -0.760. The number of rotatable bonds is 6. The molecule has 21 heavy (non-hydrogen) atoms. The molecular weight excluding hydrogens is 308 g/mol. The van der Waals surface area contributed by atoms with Gasteiger partial charge in [-0.3, -0.25) is 0 Å². The Labute approximate surface area is 130 Å². The van der Waals surface area contributed by atoms with E-state index in [1.165, 1.54) is 0 Å². The molecule has 0 bridgehead atoms. The summed E-state index contributed by atoms with van der Waals surface area (Å²) in [5, 5.41) is 0. The average Bonchev–Trinajstić information content (AvgIpc) is 2.53. The van der Waals surface area contributed by atoms with Gasteiger partial charge in [-0.25, -0.2) is 8.42 Å². The number of benzene rings is 1. The Kier molecular flexibility index (Phi) is 5.92. The fraction of sp³-hybridized carbons (Fsp3) is 0.571. The lowest BCUT2D eigenvalue weighted by atomic mass is 10.2. The van der Waals surface area contributed by atoms with Crippen molar-refractivity contribution >= 4 is 21.8 Å². The maximum absolute atomic E-state index is 12.6. The number of hydrogen-bond acceptors (Lipinski definition) is 5. The van der Waals surface area contributed by atoms with Gasteiger partial charge in [0.15, 0.2) is 0 Å². The quantitative estimate of drug-likeness (QED) is 0.859. The largest absolute Gasteiger partial charge is 0.493 e. The van der Waals surface area contributed by atoms with Gasteiger partial charge in [0.1, 0.15) is 5.75 Å². The van der Waals surface area contributed by atoms with Gasteiger partial charge >= 0.3 is 0 Å². The molecular formula is C14H22N2O3S2. The lowest BCUT2D eigenvalue weighted by Crippen LogP contribution is -2.37. The minimum atomic E-state index is -3.42. The highest BCUT2D eigenvalue weighted by Crippen LogP contribution is 2.26. The van der Waals surface area contributed by atoms with Gasteiger partial charge in [-0.1, -0.05) is 6.92 Å². The van der Waals surface area contributed by atoms with Gasteiger partial charge < -0.3 is 10.5 Å². The van der Waals surface area contributed by atoms with Gasteiger partial charge in [0, 0.05) is 36.7 Å². The summed E-state index contributed by atoms with van der Waals surface area (Å²) >= 11 is 1.78. The van der Waals surface area contributed by atoms with E-state index in [9.17, 15) is 8.42 Å². The van der Waals surface area contributed by atoms with Crippen LogP contribution in [0.4, 0.5) is 0 Å². The molecule has 0 saturated carbocycles. The molecule has 118 valence electrons. The van der Waals surface area contributed by atoms with Crippen LogP contribution in [-0.4, -0.2) is 43.9 Å². The topological polar surface area (TPSA) is 72.6 Å². The van der Waals surface area contributed by atoms with Crippen molar-refractivity contribution in [3.8, 4) is 5.75 Å². The molecule has 0 spiro atoms. The molecule has 2 N–H and O–H groups in total. The van der Waals surface area contributed by atoms with Gasteiger partial charge in [-0.15, -0.1) is 0 Å². The zero-order chi connectivity index (χ0) is 15.3. The van der Waals surface area contributed by atoms with Crippen LogP contribution in [0.3, 0.4) is 0 Å². The summed E-state index contributed by atoms with van der Waals surface area (Å²) in [5.41, 5.74) is 6.45. The molecule has 5 nitrogen and oxygen atoms in total. The van der Waals surface area contributed by atoms with Crippen LogP contribution in [0.15, 0.2) is 23.1 Å². The molecule has 1 aliphatic heterocycles. The predicted octanol–water partition coefficient (Wildman–Crippen LogP) is 1.67. The summed E-state index contributed by atoms with van der Waals surface area (Å²) in [6.45, 7) is 4.02. The normalized spacial score (nSPS) is 16.9. The fourth-order valence-corrected chi connectivity index (χ4v) is 4.79. The van der Waals surface area contributed by atoms with Gasteiger partial charge in [0.25, 0.3) is 0 Å². The van der Waals surface area contributed by atoms with E-state index in [4.69, 9.17) is 10.5 Å². The van der Waals surface area contributed by atoms with Crippen molar-refractivity contribution in [2.45, 2.75) is 24.8 Å². The minimum Gasteiger partial charge on any atom is -0.493 e. The molecule has 7 heteroatoms. The van der Waals surface area contributed by atoms with Gasteiger partial charge in [-0.05, 0) is 24.6 Å². The summed E-state index contributed by atoms with van der Waals surface area (Å²) in [5.74, 6) is 2.37. The molecule has 2 rings (SSSR count). The van der Waals surface area contributed by atoms with Crippen molar-refractivity contribution in [1.29, 1.82) is 0 Å². The summed E-state index contributed by atoms with van der Waals surface area (Å²) in [4.78, 5) is 0.304. The second kappa shape index (κ2) is 7.49. The van der Waals surface area contributed by atoms with Crippen LogP contribution in [0.5, 0.6) is 5.75 Å². The van der Waals surface area contributed by atoms with Crippen LogP contribution in [0.1, 0.15) is 18.9 Å². The monoisotopic (exact) mass is 330 g/mol. The second-order valence-corrected chi connectivity index (χ2v) is 8.00. The standard InChI is InChI=1S/C14H22N2O3S2/c1-2-7-19-14-4-3-13(10-12(14)11-15)21(17,18)16-5-8-20-9-6-16/h3-4,10H,2,5-9,11,15H2,1H3. The third-order valence-corrected chi connectivity index (χ3v) is 6.16. The highest BCUT2D eigenvalue weighted by Gasteiger charge is 2.26. The maximum Gasteiger partial charge on any atom is 0.243 e. The van der Waals surface area contributed by atoms with Crippen molar-refractivity contribution in [3.63, 3.8) is 0 Å². The molecule has 0 radical (unpaired) electrons. The van der Waals surface area contributed by atoms with Crippen molar-refractivity contribution in [1.82, 2.24) is 4.31 Å². The smallest absolute Gasteiger partial charge is 0.243 e. The van der Waals surface area contributed by atoms with Crippen molar-refractivity contribution in [2.24, 2.45) is 5.73 Å². The number of nitrogens with two attached hydrogens (primary N) is 1. The van der Waals surface area contributed by atoms with E-state index in [1.807, 2.05) is 6.92 Å². The van der Waals surface area contributed by atoms with Crippen LogP contribution < -0.4 is 10.5 Å². The van der Waals surface area contributed by atoms with E-state index >= 15 is 0 Å². The first-order valence-corrected chi connectivity index (χ1v) is 9.72. The van der Waals surface area contributed by atoms with E-state index in [0.29, 0.717) is 30.3 Å². The first-order chi connectivity index (χ1) is 10.1. The summed E-state index contributed by atoms with van der Waals surface area (Å²) in [7, 11) is -3.42. The summed E-state index contributed by atoms with van der Waals surface area (Å²) in [6.07, 6.45) is 0.898. The number of ether oxygens (including phenoxy) is 1. The van der Waals surface area contributed by atoms with E-state index in [-0.39, 0.29) is 6.54 Å². The number of nitrogens with zero attached hydrogens (tertiary/aromatic N) is 1. The number of thioether (sulfide) groups is 1. The van der Waals surface area contributed by atoms with Crippen molar-refractivity contribution in [3.05, 3.63) is 23.8 Å². The Balaban J connectivity index is 2.26. The minimum absolute atomic E-state index is 0.262. The zero-order valence-electron chi connectivity index (χ0n) is 12.2.